The summed E-state index contributed by atoms with van der Waals surface area (Å²) in [4.78, 5) is 20.5. The van der Waals surface area contributed by atoms with Gasteiger partial charge in [0.1, 0.15) is 0 Å². The number of nitrogens with zero attached hydrogens (tertiary/aromatic N) is 3. The number of carbonyl (C=O) groups excluding carboxylic acids is 1. The molecule has 0 radical (unpaired) electrons. The average molecular weight is 474 g/mol. The highest BCUT2D eigenvalue weighted by molar-refractivity contribution is 6.08. The summed E-state index contributed by atoms with van der Waals surface area (Å²) < 4.78 is 7.64. The molecule has 0 saturated heterocycles. The molecule has 1 aromatic carbocycles. The number of ketones is 1. The summed E-state index contributed by atoms with van der Waals surface area (Å²) >= 11 is 0. The van der Waals surface area contributed by atoms with Gasteiger partial charge in [0.2, 0.25) is 5.88 Å². The van der Waals surface area contributed by atoms with Crippen LogP contribution >= 0.6 is 0 Å². The number of carbonyl (C=O) groups is 1. The molecule has 0 bridgehead atoms. The fraction of sp³-hybridized carbons (Fsp3) is 0.533. The molecule has 2 aromatic heterocycles. The van der Waals surface area contributed by atoms with Crippen LogP contribution in [-0.4, -0.2) is 46.5 Å². The number of ether oxygens (including phenoxy) is 1. The zero-order valence-electron chi connectivity index (χ0n) is 21.3. The molecule has 0 amide bonds. The first-order chi connectivity index (χ1) is 17.1. The van der Waals surface area contributed by atoms with Gasteiger partial charge in [0.25, 0.3) is 0 Å². The SMILES string of the molecule is CCOc1ccc2c(n1)CCN(CCC1CCC(CC(=O)c3cccc4cn(C)cc34)CC1)CC2. The van der Waals surface area contributed by atoms with Gasteiger partial charge in [0, 0.05) is 73.5 Å². The second kappa shape index (κ2) is 10.9. The van der Waals surface area contributed by atoms with Crippen molar-refractivity contribution in [1.29, 1.82) is 0 Å². The van der Waals surface area contributed by atoms with E-state index < -0.39 is 0 Å². The van der Waals surface area contributed by atoms with Gasteiger partial charge < -0.3 is 14.2 Å². The van der Waals surface area contributed by atoms with Gasteiger partial charge in [0.05, 0.1) is 6.61 Å². The van der Waals surface area contributed by atoms with Crippen LogP contribution in [-0.2, 0) is 19.9 Å². The molecule has 1 aliphatic heterocycles. The fourth-order valence-electron chi connectivity index (χ4n) is 6.07. The summed E-state index contributed by atoms with van der Waals surface area (Å²) in [5, 5.41) is 2.25. The first-order valence-electron chi connectivity index (χ1n) is 13.5. The molecule has 1 fully saturated rings. The molecule has 0 atom stereocenters. The topological polar surface area (TPSA) is 47.4 Å². The molecule has 1 saturated carbocycles. The minimum absolute atomic E-state index is 0.315. The zero-order chi connectivity index (χ0) is 24.2. The van der Waals surface area contributed by atoms with Crippen LogP contribution in [0.15, 0.2) is 42.7 Å². The minimum atomic E-state index is 0.315. The van der Waals surface area contributed by atoms with Crippen LogP contribution in [0.1, 0.15) is 67.1 Å². The molecule has 5 heteroatoms. The predicted molar refractivity (Wildman–Crippen MR) is 141 cm³/mol. The third kappa shape index (κ3) is 5.78. The molecule has 0 unspecified atom stereocenters. The highest BCUT2D eigenvalue weighted by atomic mass is 16.5. The molecule has 1 aliphatic carbocycles. The summed E-state index contributed by atoms with van der Waals surface area (Å²) in [6.45, 7) is 6.06. The van der Waals surface area contributed by atoms with Crippen molar-refractivity contribution >= 4 is 16.6 Å². The zero-order valence-corrected chi connectivity index (χ0v) is 21.3. The Balaban J connectivity index is 1.07. The van der Waals surface area contributed by atoms with E-state index >= 15 is 0 Å². The van der Waals surface area contributed by atoms with Gasteiger partial charge in [0.15, 0.2) is 5.78 Å². The minimum Gasteiger partial charge on any atom is -0.478 e. The lowest BCUT2D eigenvalue weighted by Gasteiger charge is -2.30. The third-order valence-electron chi connectivity index (χ3n) is 8.11. The van der Waals surface area contributed by atoms with Crippen LogP contribution < -0.4 is 4.74 Å². The Morgan fingerprint density at radius 1 is 1.03 bits per heavy atom. The summed E-state index contributed by atoms with van der Waals surface area (Å²) in [7, 11) is 2.02. The Hall–Kier alpha value is -2.66. The van der Waals surface area contributed by atoms with Crippen LogP contribution in [0.5, 0.6) is 5.88 Å². The Kier molecular flexibility index (Phi) is 7.52. The van der Waals surface area contributed by atoms with Crippen molar-refractivity contribution in [3.05, 3.63) is 59.5 Å². The average Bonchev–Trinajstić information content (AvgIpc) is 3.13. The summed E-state index contributed by atoms with van der Waals surface area (Å²) in [5.74, 6) is 2.41. The van der Waals surface area contributed by atoms with Gasteiger partial charge >= 0.3 is 0 Å². The van der Waals surface area contributed by atoms with Gasteiger partial charge in [-0.25, -0.2) is 4.98 Å². The van der Waals surface area contributed by atoms with E-state index in [1.165, 1.54) is 49.9 Å². The lowest BCUT2D eigenvalue weighted by Crippen LogP contribution is -2.29. The molecule has 3 heterocycles. The number of aromatic nitrogens is 2. The normalized spacial score (nSPS) is 21.0. The van der Waals surface area contributed by atoms with Gasteiger partial charge in [-0.05, 0) is 56.6 Å². The molecule has 5 nitrogen and oxygen atoms in total. The van der Waals surface area contributed by atoms with Crippen LogP contribution in [0.2, 0.25) is 0 Å². The van der Waals surface area contributed by atoms with Crippen molar-refractivity contribution in [3.8, 4) is 5.88 Å². The van der Waals surface area contributed by atoms with E-state index in [2.05, 4.69) is 29.4 Å². The Morgan fingerprint density at radius 3 is 2.66 bits per heavy atom. The maximum Gasteiger partial charge on any atom is 0.213 e. The summed E-state index contributed by atoms with van der Waals surface area (Å²) in [6, 6.07) is 10.3. The Labute approximate surface area is 209 Å². The molecular formula is C30H39N3O2. The van der Waals surface area contributed by atoms with Crippen molar-refractivity contribution in [3.63, 3.8) is 0 Å². The van der Waals surface area contributed by atoms with Gasteiger partial charge in [-0.1, -0.05) is 37.1 Å². The van der Waals surface area contributed by atoms with Crippen LogP contribution in [0.4, 0.5) is 0 Å². The lowest BCUT2D eigenvalue weighted by atomic mass is 9.78. The van der Waals surface area contributed by atoms with Crippen molar-refractivity contribution in [2.75, 3.05) is 26.2 Å². The summed E-state index contributed by atoms with van der Waals surface area (Å²) in [5.41, 5.74) is 3.50. The Bertz CT molecular complexity index is 1160. The monoisotopic (exact) mass is 473 g/mol. The number of hydrogen-bond donors (Lipinski definition) is 0. The molecule has 35 heavy (non-hydrogen) atoms. The predicted octanol–water partition coefficient (Wildman–Crippen LogP) is 5.84. The van der Waals surface area contributed by atoms with E-state index in [0.29, 0.717) is 24.7 Å². The quantitative estimate of drug-likeness (QED) is 0.386. The van der Waals surface area contributed by atoms with Crippen molar-refractivity contribution in [1.82, 2.24) is 14.5 Å². The molecule has 2 aliphatic rings. The first kappa shape index (κ1) is 24.1. The highest BCUT2D eigenvalue weighted by Gasteiger charge is 2.25. The summed E-state index contributed by atoms with van der Waals surface area (Å²) in [6.07, 6.45) is 13.1. The van der Waals surface area contributed by atoms with Gasteiger partial charge in [-0.3, -0.25) is 4.79 Å². The fourth-order valence-corrected chi connectivity index (χ4v) is 6.07. The van der Waals surface area contributed by atoms with Crippen LogP contribution in [0.25, 0.3) is 10.8 Å². The molecule has 5 rings (SSSR count). The number of hydrogen-bond acceptors (Lipinski definition) is 4. The van der Waals surface area contributed by atoms with E-state index in [9.17, 15) is 4.79 Å². The Morgan fingerprint density at radius 2 is 1.83 bits per heavy atom. The number of fused-ring (bicyclic) bond motifs is 2. The van der Waals surface area contributed by atoms with Crippen LogP contribution in [0, 0.1) is 11.8 Å². The standard InChI is InChI=1S/C30H39N3O2/c1-3-35-30-12-11-24-14-17-33(18-15-28(24)31-30)16-13-22-7-9-23(10-8-22)19-29(34)26-6-4-5-25-20-32(2)21-27(25)26/h4-6,11-12,20-23H,3,7-10,13-19H2,1-2H3. The number of benzene rings is 1. The van der Waals surface area contributed by atoms with Crippen molar-refractivity contribution in [2.24, 2.45) is 18.9 Å². The maximum atomic E-state index is 13.1. The third-order valence-corrected chi connectivity index (χ3v) is 8.11. The van der Waals surface area contributed by atoms with E-state index in [-0.39, 0.29) is 0 Å². The number of aryl methyl sites for hydroxylation is 1. The van der Waals surface area contributed by atoms with E-state index in [1.54, 1.807) is 0 Å². The van der Waals surface area contributed by atoms with E-state index in [0.717, 1.165) is 54.1 Å². The van der Waals surface area contributed by atoms with E-state index in [4.69, 9.17) is 9.72 Å². The second-order valence-corrected chi connectivity index (χ2v) is 10.6. The number of Topliss-reactive ketones (excluding diaryl/α,β-unsaturated/α-hetero) is 1. The molecule has 3 aromatic rings. The molecule has 0 N–H and O–H groups in total. The molecular weight excluding hydrogens is 434 g/mol. The van der Waals surface area contributed by atoms with Crippen LogP contribution in [0.3, 0.4) is 0 Å². The van der Waals surface area contributed by atoms with Gasteiger partial charge in [-0.2, -0.15) is 0 Å². The van der Waals surface area contributed by atoms with Gasteiger partial charge in [-0.15, -0.1) is 0 Å². The molecule has 0 spiro atoms. The highest BCUT2D eigenvalue weighted by Crippen LogP contribution is 2.34. The lowest BCUT2D eigenvalue weighted by molar-refractivity contribution is 0.0942. The smallest absolute Gasteiger partial charge is 0.213 e. The number of rotatable bonds is 8. The second-order valence-electron chi connectivity index (χ2n) is 10.6. The largest absolute Gasteiger partial charge is 0.478 e. The van der Waals surface area contributed by atoms with E-state index in [1.807, 2.05) is 36.7 Å². The van der Waals surface area contributed by atoms with Crippen molar-refractivity contribution in [2.45, 2.75) is 58.3 Å². The number of pyridine rings is 1. The van der Waals surface area contributed by atoms with Crippen molar-refractivity contribution < 1.29 is 9.53 Å². The first-order valence-corrected chi connectivity index (χ1v) is 13.5. The maximum absolute atomic E-state index is 13.1. The molecule has 186 valence electrons.